The van der Waals surface area contributed by atoms with Crippen molar-refractivity contribution in [1.82, 2.24) is 20.0 Å². The summed E-state index contributed by atoms with van der Waals surface area (Å²) in [6.45, 7) is -0.577. The van der Waals surface area contributed by atoms with Gasteiger partial charge in [0.2, 0.25) is 5.56 Å². The van der Waals surface area contributed by atoms with Gasteiger partial charge in [0.1, 0.15) is 35.5 Å². The molecule has 1 aromatic carbocycles. The van der Waals surface area contributed by atoms with Gasteiger partial charge in [-0.1, -0.05) is 17.0 Å². The van der Waals surface area contributed by atoms with Crippen molar-refractivity contribution in [1.29, 1.82) is 0 Å². The molecule has 4 rings (SSSR count). The molecule has 0 aliphatic carbocycles. The molecule has 3 heterocycles. The summed E-state index contributed by atoms with van der Waals surface area (Å²) in [4.78, 5) is 14.5. The second kappa shape index (κ2) is 9.03. The molecule has 2 aromatic heterocycles. The lowest BCUT2D eigenvalue weighted by molar-refractivity contribution is -0.178. The van der Waals surface area contributed by atoms with Crippen LogP contribution in [0.2, 0.25) is 0 Å². The minimum atomic E-state index is -1.62. The Hall–Kier alpha value is -2.71. The van der Waals surface area contributed by atoms with Gasteiger partial charge in [-0.15, -0.1) is 5.10 Å². The van der Waals surface area contributed by atoms with E-state index in [1.54, 1.807) is 6.07 Å². The highest BCUT2D eigenvalue weighted by Crippen LogP contribution is 2.38. The average Bonchev–Trinajstić information content (AvgIpc) is 3.23. The van der Waals surface area contributed by atoms with E-state index in [1.807, 2.05) is 0 Å². The Labute approximate surface area is 182 Å². The number of nitrogens with zero attached hydrogens (tertiary/aromatic N) is 3. The number of aliphatic hydroxyl groups is 3. The van der Waals surface area contributed by atoms with Crippen molar-refractivity contribution >= 4 is 11.8 Å². The van der Waals surface area contributed by atoms with Gasteiger partial charge >= 0.3 is 0 Å². The van der Waals surface area contributed by atoms with Crippen LogP contribution in [-0.4, -0.2) is 65.7 Å². The summed E-state index contributed by atoms with van der Waals surface area (Å²) in [7, 11) is 0. The number of ether oxygens (including phenoxy) is 1. The van der Waals surface area contributed by atoms with Gasteiger partial charge in [0.25, 0.3) is 0 Å². The average molecular weight is 470 g/mol. The molecule has 1 fully saturated rings. The van der Waals surface area contributed by atoms with E-state index in [0.717, 1.165) is 28.6 Å². The Morgan fingerprint density at radius 1 is 1.16 bits per heavy atom. The third kappa shape index (κ3) is 4.29. The van der Waals surface area contributed by atoms with Gasteiger partial charge in [-0.25, -0.2) is 17.9 Å². The van der Waals surface area contributed by atoms with Crippen LogP contribution in [0.5, 0.6) is 0 Å². The molecule has 0 bridgehead atoms. The Bertz CT molecular complexity index is 1150. The molecule has 5 unspecified atom stereocenters. The molecule has 170 valence electrons. The number of aromatic nitrogens is 4. The Balaban J connectivity index is 1.64. The number of thioether (sulfide) groups is 1. The number of nitrogens with one attached hydrogen (secondary N) is 1. The van der Waals surface area contributed by atoms with Crippen LogP contribution in [0.25, 0.3) is 11.3 Å². The summed E-state index contributed by atoms with van der Waals surface area (Å²) < 4.78 is 47.1. The Kier molecular flexibility index (Phi) is 6.35. The number of rotatable bonds is 5. The second-order valence-corrected chi connectivity index (χ2v) is 8.21. The molecule has 3 aromatic rings. The summed E-state index contributed by atoms with van der Waals surface area (Å²) in [6, 6.07) is 3.20. The standard InChI is InChI=1S/C19H17F3N4O5S/c20-10-3-8(4-11(21)15(10)22)12-6-26(25-24-12)16-17(29)13(7-27)31-19(18(16)30)32-9-1-2-23-14(28)5-9/h1-6,13,16-19,27,29-30H,7H2,(H,23,28). The van der Waals surface area contributed by atoms with E-state index >= 15 is 0 Å². The summed E-state index contributed by atoms with van der Waals surface area (Å²) >= 11 is 0.998. The van der Waals surface area contributed by atoms with Crippen molar-refractivity contribution in [2.75, 3.05) is 6.61 Å². The van der Waals surface area contributed by atoms with E-state index in [0.29, 0.717) is 4.90 Å². The first-order valence-electron chi connectivity index (χ1n) is 9.33. The highest BCUT2D eigenvalue weighted by molar-refractivity contribution is 7.99. The number of H-pyrrole nitrogens is 1. The van der Waals surface area contributed by atoms with Crippen LogP contribution < -0.4 is 5.56 Å². The molecule has 0 radical (unpaired) electrons. The summed E-state index contributed by atoms with van der Waals surface area (Å²) in [5.74, 6) is -4.44. The first-order chi connectivity index (χ1) is 15.3. The quantitative estimate of drug-likeness (QED) is 0.403. The highest BCUT2D eigenvalue weighted by atomic mass is 32.2. The lowest BCUT2D eigenvalue weighted by Gasteiger charge is -2.41. The fourth-order valence-corrected chi connectivity index (χ4v) is 4.46. The Morgan fingerprint density at radius 2 is 1.88 bits per heavy atom. The molecule has 32 heavy (non-hydrogen) atoms. The van der Waals surface area contributed by atoms with Crippen LogP contribution in [0, 0.1) is 17.5 Å². The smallest absolute Gasteiger partial charge is 0.249 e. The van der Waals surface area contributed by atoms with E-state index < -0.39 is 53.8 Å². The highest BCUT2D eigenvalue weighted by Gasteiger charge is 2.46. The second-order valence-electron chi connectivity index (χ2n) is 7.04. The normalized spacial score (nSPS) is 25.8. The number of benzene rings is 1. The molecule has 1 saturated heterocycles. The first kappa shape index (κ1) is 22.5. The molecule has 5 atom stereocenters. The van der Waals surface area contributed by atoms with Gasteiger partial charge in [0.05, 0.1) is 12.8 Å². The third-order valence-corrected chi connectivity index (χ3v) is 6.09. The van der Waals surface area contributed by atoms with Crippen LogP contribution >= 0.6 is 11.8 Å². The number of aromatic amines is 1. The molecule has 4 N–H and O–H groups in total. The van der Waals surface area contributed by atoms with Gasteiger partial charge in [-0.3, -0.25) is 4.79 Å². The van der Waals surface area contributed by atoms with Crippen LogP contribution in [0.15, 0.2) is 46.3 Å². The van der Waals surface area contributed by atoms with Gasteiger partial charge in [0.15, 0.2) is 17.5 Å². The minimum Gasteiger partial charge on any atom is -0.394 e. The molecule has 13 heteroatoms. The fourth-order valence-electron chi connectivity index (χ4n) is 3.37. The number of hydrogen-bond acceptors (Lipinski definition) is 8. The van der Waals surface area contributed by atoms with Crippen LogP contribution in [0.3, 0.4) is 0 Å². The maximum absolute atomic E-state index is 13.6. The lowest BCUT2D eigenvalue weighted by atomic mass is 9.97. The lowest BCUT2D eigenvalue weighted by Crippen LogP contribution is -2.55. The van der Waals surface area contributed by atoms with Crippen molar-refractivity contribution in [3.8, 4) is 11.3 Å². The van der Waals surface area contributed by atoms with E-state index in [-0.39, 0.29) is 16.8 Å². The van der Waals surface area contributed by atoms with E-state index in [4.69, 9.17) is 4.74 Å². The van der Waals surface area contributed by atoms with Gasteiger partial charge < -0.3 is 25.0 Å². The summed E-state index contributed by atoms with van der Waals surface area (Å²) in [5, 5.41) is 38.7. The molecule has 0 saturated carbocycles. The van der Waals surface area contributed by atoms with Crippen molar-refractivity contribution in [2.24, 2.45) is 0 Å². The van der Waals surface area contributed by atoms with Crippen LogP contribution in [0.1, 0.15) is 6.04 Å². The van der Waals surface area contributed by atoms with Crippen molar-refractivity contribution in [2.45, 2.75) is 34.7 Å². The van der Waals surface area contributed by atoms with E-state index in [9.17, 15) is 33.3 Å². The van der Waals surface area contributed by atoms with Crippen molar-refractivity contribution < 1.29 is 33.2 Å². The molecular weight excluding hydrogens is 453 g/mol. The van der Waals surface area contributed by atoms with Crippen LogP contribution in [-0.2, 0) is 4.74 Å². The largest absolute Gasteiger partial charge is 0.394 e. The predicted molar refractivity (Wildman–Crippen MR) is 105 cm³/mol. The number of halogens is 3. The maximum Gasteiger partial charge on any atom is 0.249 e. The van der Waals surface area contributed by atoms with Gasteiger partial charge in [-0.2, -0.15) is 0 Å². The van der Waals surface area contributed by atoms with E-state index in [1.165, 1.54) is 18.5 Å². The molecule has 0 spiro atoms. The maximum atomic E-state index is 13.6. The Morgan fingerprint density at radius 3 is 2.53 bits per heavy atom. The molecule has 1 aliphatic heterocycles. The summed E-state index contributed by atoms with van der Waals surface area (Å²) in [5.41, 5.74) is -1.50. The van der Waals surface area contributed by atoms with E-state index in [2.05, 4.69) is 15.3 Å². The predicted octanol–water partition coefficient (Wildman–Crippen LogP) is 0.823. The zero-order valence-corrected chi connectivity index (χ0v) is 16.9. The SMILES string of the molecule is O=c1cc(SC2OC(CO)C(O)C(n3cc(-c4cc(F)c(F)c(F)c4)nn3)C2O)cc[nH]1. The molecule has 0 amide bonds. The van der Waals surface area contributed by atoms with Crippen LogP contribution in [0.4, 0.5) is 13.2 Å². The minimum absolute atomic E-state index is 0.0342. The topological polar surface area (TPSA) is 133 Å². The molecule has 9 nitrogen and oxygen atoms in total. The third-order valence-electron chi connectivity index (χ3n) is 4.94. The monoisotopic (exact) mass is 470 g/mol. The molecular formula is C19H17F3N4O5S. The zero-order chi connectivity index (χ0) is 23.0. The first-order valence-corrected chi connectivity index (χ1v) is 10.2. The van der Waals surface area contributed by atoms with Crippen molar-refractivity contribution in [3.05, 3.63) is 64.5 Å². The van der Waals surface area contributed by atoms with Gasteiger partial charge in [-0.05, 0) is 18.2 Å². The van der Waals surface area contributed by atoms with Gasteiger partial charge in [0, 0.05) is 22.7 Å². The van der Waals surface area contributed by atoms with Crippen molar-refractivity contribution in [3.63, 3.8) is 0 Å². The number of pyridine rings is 1. The zero-order valence-electron chi connectivity index (χ0n) is 16.1. The number of aliphatic hydroxyl groups excluding tert-OH is 3. The molecule has 1 aliphatic rings. The summed E-state index contributed by atoms with van der Waals surface area (Å²) in [6.07, 6.45) is -1.26. The fraction of sp³-hybridized carbons (Fsp3) is 0.316. The number of hydrogen-bond donors (Lipinski definition) is 4.